The lowest BCUT2D eigenvalue weighted by atomic mass is 9.86. The number of phenols is 1. The number of ether oxygens (including phenoxy) is 8. The van der Waals surface area contributed by atoms with Crippen LogP contribution in [-0.2, 0) is 52.7 Å². The van der Waals surface area contributed by atoms with E-state index in [0.717, 1.165) is 28.0 Å². The van der Waals surface area contributed by atoms with Gasteiger partial charge >= 0.3 is 11.9 Å². The number of esters is 1. The molecule has 0 aliphatic carbocycles. The van der Waals surface area contributed by atoms with Crippen molar-refractivity contribution >= 4 is 11.9 Å². The number of phenolic OH excluding ortho intramolecular Hbond substituents is 1. The molecule has 0 spiro atoms. The normalized spacial score (nSPS) is 23.6. The van der Waals surface area contributed by atoms with Gasteiger partial charge in [-0.25, -0.2) is 0 Å². The first-order valence-corrected chi connectivity index (χ1v) is 20.3. The number of benzene rings is 3. The van der Waals surface area contributed by atoms with E-state index in [1.807, 2.05) is 25.1 Å². The van der Waals surface area contributed by atoms with E-state index >= 15 is 0 Å². The largest absolute Gasteiger partial charge is 0.508 e. The molecular weight excluding hydrogens is 786 g/mol. The van der Waals surface area contributed by atoms with Crippen molar-refractivity contribution in [3.05, 3.63) is 69.8 Å². The maximum Gasteiger partial charge on any atom is 0.317 e. The lowest BCUT2D eigenvalue weighted by Crippen LogP contribution is -2.61. The van der Waals surface area contributed by atoms with E-state index in [4.69, 9.17) is 58.5 Å². The van der Waals surface area contributed by atoms with Gasteiger partial charge in [0.15, 0.2) is 29.6 Å². The summed E-state index contributed by atoms with van der Waals surface area (Å²) in [4.78, 5) is 35.5. The van der Waals surface area contributed by atoms with E-state index in [1.54, 1.807) is 18.2 Å². The molecule has 3 aromatic rings. The third-order valence-electron chi connectivity index (χ3n) is 10.7. The van der Waals surface area contributed by atoms with E-state index in [2.05, 4.69) is 13.8 Å². The van der Waals surface area contributed by atoms with Crippen LogP contribution < -0.4 is 29.6 Å². The van der Waals surface area contributed by atoms with Crippen LogP contribution in [0.3, 0.4) is 0 Å². The predicted octanol–water partition coefficient (Wildman–Crippen LogP) is 3.61. The van der Waals surface area contributed by atoms with Crippen LogP contribution in [0.2, 0.25) is 0 Å². The van der Waals surface area contributed by atoms with Crippen LogP contribution in [0.15, 0.2) is 36.4 Å². The molecule has 0 radical (unpaired) electrons. The zero-order valence-electron chi connectivity index (χ0n) is 33.8. The summed E-state index contributed by atoms with van der Waals surface area (Å²) in [6.45, 7) is 6.11. The summed E-state index contributed by atoms with van der Waals surface area (Å²) in [6.07, 6.45) is -5.97. The molecule has 17 nitrogen and oxygen atoms in total. The van der Waals surface area contributed by atoms with E-state index < -0.39 is 61.8 Å². The topological polar surface area (TPSA) is 233 Å². The lowest BCUT2D eigenvalue weighted by Gasteiger charge is -2.42. The number of hydrogen-bond donors (Lipinski definition) is 5. The number of aliphatic hydroxyl groups is 2. The van der Waals surface area contributed by atoms with Crippen molar-refractivity contribution in [3.63, 3.8) is 0 Å². The van der Waals surface area contributed by atoms with Crippen molar-refractivity contribution in [2.75, 3.05) is 46.4 Å². The first-order chi connectivity index (χ1) is 29.0. The Morgan fingerprint density at radius 1 is 0.950 bits per heavy atom. The molecule has 4 aliphatic heterocycles. The van der Waals surface area contributed by atoms with Gasteiger partial charge in [-0.1, -0.05) is 26.8 Å². The van der Waals surface area contributed by atoms with Crippen LogP contribution in [-0.4, -0.2) is 109 Å². The Labute approximate surface area is 347 Å². The van der Waals surface area contributed by atoms with Gasteiger partial charge in [0.1, 0.15) is 54.7 Å². The van der Waals surface area contributed by atoms with Gasteiger partial charge in [0.05, 0.1) is 19.1 Å². The fourth-order valence-electron chi connectivity index (χ4n) is 7.98. The first kappa shape index (κ1) is 43.2. The molecule has 1 saturated heterocycles. The summed E-state index contributed by atoms with van der Waals surface area (Å²) < 4.78 is 48.1. The van der Waals surface area contributed by atoms with Crippen LogP contribution >= 0.6 is 0 Å². The fraction of sp³-hybridized carbons (Fsp3) is 0.535. The number of carbonyl (C=O) groups is 2. The van der Waals surface area contributed by atoms with E-state index in [-0.39, 0.29) is 57.0 Å². The zero-order valence-corrected chi connectivity index (χ0v) is 33.8. The molecule has 3 aromatic carbocycles. The molecule has 0 saturated carbocycles. The molecular formula is C43H53NO16. The second-order valence-electron chi connectivity index (χ2n) is 15.6. The maximum atomic E-state index is 12.1. The Morgan fingerprint density at radius 3 is 2.52 bits per heavy atom. The van der Waals surface area contributed by atoms with Crippen LogP contribution in [0.25, 0.3) is 0 Å². The minimum atomic E-state index is -1.52. The maximum absolute atomic E-state index is 12.1. The van der Waals surface area contributed by atoms with Gasteiger partial charge in [0, 0.05) is 48.4 Å². The minimum absolute atomic E-state index is 0.00718. The number of aryl methyl sites for hydroxylation is 1. The Kier molecular flexibility index (Phi) is 13.8. The number of carbonyl (C=O) groups excluding carboxylic acids is 1. The highest BCUT2D eigenvalue weighted by Crippen LogP contribution is 2.57. The van der Waals surface area contributed by atoms with Crippen molar-refractivity contribution < 1.29 is 77.7 Å². The predicted molar refractivity (Wildman–Crippen MR) is 209 cm³/mol. The van der Waals surface area contributed by atoms with E-state index in [9.17, 15) is 24.9 Å². The molecule has 60 heavy (non-hydrogen) atoms. The van der Waals surface area contributed by atoms with Gasteiger partial charge in [-0.3, -0.25) is 9.59 Å². The quantitative estimate of drug-likeness (QED) is 0.0381. The highest BCUT2D eigenvalue weighted by Gasteiger charge is 2.50. The van der Waals surface area contributed by atoms with E-state index in [1.165, 1.54) is 0 Å². The van der Waals surface area contributed by atoms with Crippen molar-refractivity contribution in [2.45, 2.75) is 95.6 Å². The summed E-state index contributed by atoms with van der Waals surface area (Å²) >= 11 is 0. The Bertz CT molecular complexity index is 2010. The molecule has 0 aromatic heterocycles. The number of aliphatic carboxylic acids is 1. The molecule has 0 amide bonds. The molecule has 4 heterocycles. The van der Waals surface area contributed by atoms with Crippen LogP contribution in [0, 0.1) is 5.92 Å². The van der Waals surface area contributed by atoms with Crippen molar-refractivity contribution in [1.29, 1.82) is 0 Å². The first-order valence-electron chi connectivity index (χ1n) is 20.3. The third kappa shape index (κ3) is 9.52. The van der Waals surface area contributed by atoms with Gasteiger partial charge in [-0.2, -0.15) is 4.89 Å². The number of fused-ring (bicyclic) bond motifs is 6. The molecule has 0 unspecified atom stereocenters. The molecule has 7 rings (SSSR count). The molecule has 6 N–H and O–H groups in total. The average Bonchev–Trinajstić information content (AvgIpc) is 3.84. The Hall–Kier alpha value is -4.88. The molecule has 4 aliphatic rings. The smallest absolute Gasteiger partial charge is 0.317 e. The molecule has 7 atom stereocenters. The number of carboxylic acid groups (broad SMARTS) is 1. The van der Waals surface area contributed by atoms with Crippen molar-refractivity contribution in [3.8, 4) is 34.5 Å². The Morgan fingerprint density at radius 2 is 1.77 bits per heavy atom. The van der Waals surface area contributed by atoms with Crippen LogP contribution in [0.1, 0.15) is 79.0 Å². The van der Waals surface area contributed by atoms with Gasteiger partial charge < -0.3 is 68.9 Å². The molecule has 1 fully saturated rings. The SMILES string of the molecule is CCc1cc(O)cc(Cc2cc3c(cc2OO[C@@H]2[C@H](OCCN)O[C@H](COC(=O)CC(=O)O)[C@@H](OCCCO)[C@@H]2O)[C@@H]2Oc4c(cc5c(c4CC(C)C)OCO5)[C@H]2CO3)c1. The van der Waals surface area contributed by atoms with Crippen molar-refractivity contribution in [2.24, 2.45) is 11.7 Å². The van der Waals surface area contributed by atoms with Gasteiger partial charge in [0.25, 0.3) is 0 Å². The van der Waals surface area contributed by atoms with Crippen molar-refractivity contribution in [1.82, 2.24) is 0 Å². The molecule has 0 bridgehead atoms. The number of hydrogen-bond acceptors (Lipinski definition) is 16. The standard InChI is InChI=1S/C43H53NO16/c1-4-23-11-24(14-26(46)13-23)12-25-15-32-28(39-30(19-53-32)27-16-33-40(56-21-55-33)29(10-22(2)3)38(27)58-39)17-31(25)59-60-42-37(50)41(51-8-5-7-45)34(57-43(42)52-9-6-44)20-54-36(49)18-35(47)48/h11,13-17,22,30,34,37,39,41-43,45-46,50H,4-10,12,18-21,44H2,1-3H3,(H,47,48)/t30-,34-,37+,39+,41-,42+,43-/m1/s1. The zero-order chi connectivity index (χ0) is 42.5. The number of aliphatic hydroxyl groups excluding tert-OH is 2. The van der Waals surface area contributed by atoms with Gasteiger partial charge in [-0.15, -0.1) is 0 Å². The summed E-state index contributed by atoms with van der Waals surface area (Å²) in [5.41, 5.74) is 10.7. The summed E-state index contributed by atoms with van der Waals surface area (Å²) in [5, 5.41) is 40.8. The highest BCUT2D eigenvalue weighted by molar-refractivity contribution is 5.90. The lowest BCUT2D eigenvalue weighted by molar-refractivity contribution is -0.375. The summed E-state index contributed by atoms with van der Waals surface area (Å²) in [7, 11) is 0. The number of nitrogens with two attached hydrogens (primary N) is 1. The molecule has 17 heteroatoms. The summed E-state index contributed by atoms with van der Waals surface area (Å²) in [6, 6.07) is 11.0. The second kappa shape index (κ2) is 19.2. The molecule has 326 valence electrons. The minimum Gasteiger partial charge on any atom is -0.508 e. The monoisotopic (exact) mass is 839 g/mol. The third-order valence-corrected chi connectivity index (χ3v) is 10.7. The Balaban J connectivity index is 1.21. The van der Waals surface area contributed by atoms with Crippen LogP contribution in [0.5, 0.6) is 34.5 Å². The van der Waals surface area contributed by atoms with Gasteiger partial charge in [-0.05, 0) is 66.6 Å². The number of carboxylic acids is 1. The summed E-state index contributed by atoms with van der Waals surface area (Å²) in [5.74, 6) is 0.778. The fourth-order valence-corrected chi connectivity index (χ4v) is 7.98. The highest BCUT2D eigenvalue weighted by atomic mass is 17.2. The van der Waals surface area contributed by atoms with E-state index in [0.29, 0.717) is 60.2 Å². The average molecular weight is 840 g/mol. The second-order valence-corrected chi connectivity index (χ2v) is 15.6. The number of aromatic hydroxyl groups is 1. The van der Waals surface area contributed by atoms with Crippen LogP contribution in [0.4, 0.5) is 0 Å². The number of rotatable bonds is 19. The van der Waals surface area contributed by atoms with Gasteiger partial charge in [0.2, 0.25) is 6.79 Å².